The van der Waals surface area contributed by atoms with Crippen LogP contribution in [-0.2, 0) is 14.9 Å². The Labute approximate surface area is 95.4 Å². The molecule has 7 nitrogen and oxygen atoms in total. The number of methoxy groups -OCH3 is 1. The van der Waals surface area contributed by atoms with Gasteiger partial charge >= 0.3 is 16.3 Å². The number of hydrogen-bond acceptors (Lipinski definition) is 5. The first-order valence-electron chi connectivity index (χ1n) is 4.80. The van der Waals surface area contributed by atoms with Gasteiger partial charge in [-0.3, -0.25) is 0 Å². The van der Waals surface area contributed by atoms with Crippen molar-refractivity contribution in [3.63, 3.8) is 0 Å². The first-order chi connectivity index (χ1) is 7.22. The van der Waals surface area contributed by atoms with Crippen LogP contribution in [-0.4, -0.2) is 38.9 Å². The fourth-order valence-electron chi connectivity index (χ4n) is 1.06. The zero-order valence-electron chi connectivity index (χ0n) is 9.61. The van der Waals surface area contributed by atoms with E-state index in [2.05, 4.69) is 9.46 Å². The molecular formula is C8H18N2O5S. The molecule has 0 rings (SSSR count). The van der Waals surface area contributed by atoms with E-state index in [-0.39, 0.29) is 6.54 Å². The van der Waals surface area contributed by atoms with Crippen molar-refractivity contribution < 1.29 is 23.1 Å². The van der Waals surface area contributed by atoms with E-state index in [4.69, 9.17) is 0 Å². The molecule has 0 saturated carbocycles. The van der Waals surface area contributed by atoms with Gasteiger partial charge in [-0.1, -0.05) is 13.3 Å². The first kappa shape index (κ1) is 15.1. The van der Waals surface area contributed by atoms with Gasteiger partial charge in [0.2, 0.25) is 0 Å². The summed E-state index contributed by atoms with van der Waals surface area (Å²) in [6, 6.07) is 0. The van der Waals surface area contributed by atoms with Gasteiger partial charge in [0.15, 0.2) is 0 Å². The maximum Gasteiger partial charge on any atom is 0.421 e. The van der Waals surface area contributed by atoms with E-state index >= 15 is 0 Å². The molecule has 0 aliphatic heterocycles. The summed E-state index contributed by atoms with van der Waals surface area (Å²) in [7, 11) is -2.93. The van der Waals surface area contributed by atoms with Crippen molar-refractivity contribution in [1.82, 2.24) is 9.44 Å². The van der Waals surface area contributed by atoms with Gasteiger partial charge in [-0.15, -0.1) is 0 Å². The van der Waals surface area contributed by atoms with Crippen LogP contribution in [0.25, 0.3) is 0 Å². The molecule has 0 aromatic carbocycles. The molecule has 16 heavy (non-hydrogen) atoms. The SMILES string of the molecule is CCCC(C)(O)CNS(=O)(=O)NC(=O)OC. The number of ether oxygens (including phenoxy) is 1. The second-order valence-electron chi connectivity index (χ2n) is 3.67. The Morgan fingerprint density at radius 2 is 2.06 bits per heavy atom. The average Bonchev–Trinajstić information content (AvgIpc) is 2.14. The van der Waals surface area contributed by atoms with Crippen LogP contribution < -0.4 is 9.44 Å². The molecule has 0 bridgehead atoms. The molecule has 0 aliphatic carbocycles. The number of carbonyl (C=O) groups is 1. The highest BCUT2D eigenvalue weighted by molar-refractivity contribution is 7.88. The fraction of sp³-hybridized carbons (Fsp3) is 0.875. The van der Waals surface area contributed by atoms with E-state index in [0.29, 0.717) is 6.42 Å². The molecule has 1 unspecified atom stereocenters. The molecule has 0 radical (unpaired) electrons. The predicted molar refractivity (Wildman–Crippen MR) is 58.0 cm³/mol. The van der Waals surface area contributed by atoms with E-state index in [1.165, 1.54) is 6.92 Å². The summed E-state index contributed by atoms with van der Waals surface area (Å²) in [5.41, 5.74) is -1.14. The summed E-state index contributed by atoms with van der Waals surface area (Å²) in [5, 5.41) is 9.70. The van der Waals surface area contributed by atoms with Gasteiger partial charge in [-0.25, -0.2) is 9.52 Å². The van der Waals surface area contributed by atoms with Crippen molar-refractivity contribution in [3.8, 4) is 0 Å². The smallest absolute Gasteiger partial charge is 0.421 e. The van der Waals surface area contributed by atoms with Gasteiger partial charge in [0, 0.05) is 6.54 Å². The van der Waals surface area contributed by atoms with Crippen LogP contribution in [0.15, 0.2) is 0 Å². The number of hydrogen-bond donors (Lipinski definition) is 3. The zero-order valence-corrected chi connectivity index (χ0v) is 10.4. The van der Waals surface area contributed by atoms with Crippen LogP contribution in [0.2, 0.25) is 0 Å². The van der Waals surface area contributed by atoms with Crippen LogP contribution >= 0.6 is 0 Å². The minimum Gasteiger partial charge on any atom is -0.452 e. The van der Waals surface area contributed by atoms with Crippen molar-refractivity contribution in [3.05, 3.63) is 0 Å². The standard InChI is InChI=1S/C8H18N2O5S/c1-4-5-8(2,12)6-9-16(13,14)10-7(11)15-3/h9,12H,4-6H2,1-3H3,(H,10,11). The molecule has 1 amide bonds. The van der Waals surface area contributed by atoms with Crippen molar-refractivity contribution in [1.29, 1.82) is 0 Å². The lowest BCUT2D eigenvalue weighted by Gasteiger charge is -2.22. The number of amides is 1. The Bertz CT molecular complexity index is 325. The average molecular weight is 254 g/mol. The first-order valence-corrected chi connectivity index (χ1v) is 6.28. The van der Waals surface area contributed by atoms with Crippen LogP contribution in [0, 0.1) is 0 Å². The molecule has 0 fully saturated rings. The zero-order chi connectivity index (χ0) is 12.8. The maximum absolute atomic E-state index is 11.2. The quantitative estimate of drug-likeness (QED) is 0.605. The Balaban J connectivity index is 4.24. The number of aliphatic hydroxyl groups is 1. The highest BCUT2D eigenvalue weighted by atomic mass is 32.2. The second kappa shape index (κ2) is 6.02. The van der Waals surface area contributed by atoms with E-state index in [0.717, 1.165) is 13.5 Å². The number of carbonyl (C=O) groups excluding carboxylic acids is 1. The summed E-state index contributed by atoms with van der Waals surface area (Å²) in [6.07, 6.45) is 0.0926. The van der Waals surface area contributed by atoms with E-state index in [1.807, 2.05) is 6.92 Å². The Kier molecular flexibility index (Phi) is 5.70. The van der Waals surface area contributed by atoms with Crippen LogP contribution in [0.3, 0.4) is 0 Å². The Morgan fingerprint density at radius 3 is 2.50 bits per heavy atom. The molecule has 0 aliphatic rings. The summed E-state index contributed by atoms with van der Waals surface area (Å²) < 4.78 is 30.2. The summed E-state index contributed by atoms with van der Waals surface area (Å²) in [6.45, 7) is 3.21. The molecule has 8 heteroatoms. The summed E-state index contributed by atoms with van der Waals surface area (Å²) in [4.78, 5) is 10.7. The topological polar surface area (TPSA) is 105 Å². The van der Waals surface area contributed by atoms with Gasteiger partial charge in [-0.2, -0.15) is 13.1 Å². The highest BCUT2D eigenvalue weighted by Gasteiger charge is 2.23. The third-order valence-electron chi connectivity index (χ3n) is 1.83. The van der Waals surface area contributed by atoms with Crippen molar-refractivity contribution >= 4 is 16.3 Å². The third-order valence-corrected chi connectivity index (χ3v) is 2.79. The molecule has 0 aromatic rings. The van der Waals surface area contributed by atoms with E-state index in [9.17, 15) is 18.3 Å². The molecule has 0 aromatic heterocycles. The third kappa shape index (κ3) is 6.59. The van der Waals surface area contributed by atoms with E-state index in [1.54, 1.807) is 4.72 Å². The predicted octanol–water partition coefficient (Wildman–Crippen LogP) is -0.272. The maximum atomic E-state index is 11.2. The molecule has 0 spiro atoms. The summed E-state index contributed by atoms with van der Waals surface area (Å²) >= 11 is 0. The van der Waals surface area contributed by atoms with Gasteiger partial charge in [0.05, 0.1) is 12.7 Å². The lowest BCUT2D eigenvalue weighted by molar-refractivity contribution is 0.0553. The van der Waals surface area contributed by atoms with Gasteiger partial charge in [0.1, 0.15) is 0 Å². The second-order valence-corrected chi connectivity index (χ2v) is 5.16. The van der Waals surface area contributed by atoms with Crippen LogP contribution in [0.4, 0.5) is 4.79 Å². The number of nitrogens with one attached hydrogen (secondary N) is 2. The Hall–Kier alpha value is -0.860. The van der Waals surface area contributed by atoms with Crippen LogP contribution in [0.5, 0.6) is 0 Å². The van der Waals surface area contributed by atoms with E-state index < -0.39 is 21.9 Å². The minimum absolute atomic E-state index is 0.173. The normalized spacial score (nSPS) is 15.2. The highest BCUT2D eigenvalue weighted by Crippen LogP contribution is 2.10. The molecule has 96 valence electrons. The van der Waals surface area contributed by atoms with Gasteiger partial charge < -0.3 is 9.84 Å². The van der Waals surface area contributed by atoms with Crippen LogP contribution in [0.1, 0.15) is 26.7 Å². The summed E-state index contributed by atoms with van der Waals surface area (Å²) in [5.74, 6) is 0. The van der Waals surface area contributed by atoms with Crippen molar-refractivity contribution in [2.24, 2.45) is 0 Å². The molecule has 0 saturated heterocycles. The largest absolute Gasteiger partial charge is 0.452 e. The molecule has 3 N–H and O–H groups in total. The Morgan fingerprint density at radius 1 is 1.50 bits per heavy atom. The monoisotopic (exact) mass is 254 g/mol. The van der Waals surface area contributed by atoms with Crippen molar-refractivity contribution in [2.75, 3.05) is 13.7 Å². The van der Waals surface area contributed by atoms with Gasteiger partial charge in [0.25, 0.3) is 0 Å². The van der Waals surface area contributed by atoms with Gasteiger partial charge in [-0.05, 0) is 13.3 Å². The molecule has 0 heterocycles. The molecular weight excluding hydrogens is 236 g/mol. The number of rotatable bonds is 6. The van der Waals surface area contributed by atoms with Crippen molar-refractivity contribution in [2.45, 2.75) is 32.3 Å². The fourth-order valence-corrected chi connectivity index (χ4v) is 1.94. The minimum atomic E-state index is -3.98. The lowest BCUT2D eigenvalue weighted by Crippen LogP contribution is -2.46. The molecule has 1 atom stereocenters. The lowest BCUT2D eigenvalue weighted by atomic mass is 10.0.